The maximum absolute atomic E-state index is 10.4. The predicted molar refractivity (Wildman–Crippen MR) is 126 cm³/mol. The first-order valence-electron chi connectivity index (χ1n) is 10.5. The highest BCUT2D eigenvalue weighted by Crippen LogP contribution is 2.26. The Labute approximate surface area is 180 Å². The van der Waals surface area contributed by atoms with Crippen LogP contribution in [0.15, 0.2) is 97.6 Å². The summed E-state index contributed by atoms with van der Waals surface area (Å²) < 4.78 is 5.73. The highest BCUT2D eigenvalue weighted by Gasteiger charge is 2.09. The number of allylic oxidation sites excluding steroid dienone is 3. The SMILES string of the molecule is C=CCCc1ccc(-c2ccc(OC(O)c3ccc(CC/C=C/C)cc3)cc2)cc1. The molecule has 30 heavy (non-hydrogen) atoms. The molecule has 1 atom stereocenters. The zero-order chi connectivity index (χ0) is 21.2. The molecular weight excluding hydrogens is 368 g/mol. The fraction of sp³-hybridized carbons (Fsp3) is 0.214. The molecule has 0 aliphatic heterocycles. The van der Waals surface area contributed by atoms with Gasteiger partial charge in [-0.15, -0.1) is 6.58 Å². The highest BCUT2D eigenvalue weighted by molar-refractivity contribution is 5.64. The third-order valence-electron chi connectivity index (χ3n) is 5.13. The van der Waals surface area contributed by atoms with E-state index in [1.54, 1.807) is 0 Å². The molecule has 2 nitrogen and oxygen atoms in total. The van der Waals surface area contributed by atoms with Crippen LogP contribution >= 0.6 is 0 Å². The summed E-state index contributed by atoms with van der Waals surface area (Å²) in [7, 11) is 0. The molecular formula is C28H30O2. The van der Waals surface area contributed by atoms with E-state index in [1.165, 1.54) is 11.1 Å². The highest BCUT2D eigenvalue weighted by atomic mass is 16.6. The first kappa shape index (κ1) is 21.6. The Morgan fingerprint density at radius 3 is 1.90 bits per heavy atom. The largest absolute Gasteiger partial charge is 0.461 e. The predicted octanol–water partition coefficient (Wildman–Crippen LogP) is 7.05. The number of hydrogen-bond acceptors (Lipinski definition) is 2. The smallest absolute Gasteiger partial charge is 0.224 e. The normalized spacial score (nSPS) is 12.1. The van der Waals surface area contributed by atoms with E-state index in [0.29, 0.717) is 5.75 Å². The maximum Gasteiger partial charge on any atom is 0.224 e. The van der Waals surface area contributed by atoms with Crippen LogP contribution < -0.4 is 4.74 Å². The fourth-order valence-electron chi connectivity index (χ4n) is 3.32. The molecule has 0 fully saturated rings. The summed E-state index contributed by atoms with van der Waals surface area (Å²) >= 11 is 0. The van der Waals surface area contributed by atoms with Gasteiger partial charge in [-0.25, -0.2) is 0 Å². The maximum atomic E-state index is 10.4. The minimum Gasteiger partial charge on any atom is -0.461 e. The van der Waals surface area contributed by atoms with E-state index in [2.05, 4.69) is 43.0 Å². The zero-order valence-corrected chi connectivity index (χ0v) is 17.6. The van der Waals surface area contributed by atoms with Crippen molar-refractivity contribution in [3.8, 4) is 16.9 Å². The summed E-state index contributed by atoms with van der Waals surface area (Å²) in [6.07, 6.45) is 9.23. The topological polar surface area (TPSA) is 29.5 Å². The molecule has 0 spiro atoms. The minimum atomic E-state index is -0.982. The Bertz CT molecular complexity index is 935. The number of hydrogen-bond donors (Lipinski definition) is 1. The van der Waals surface area contributed by atoms with Crippen molar-refractivity contribution in [2.45, 2.75) is 38.9 Å². The lowest BCUT2D eigenvalue weighted by atomic mass is 10.0. The zero-order valence-electron chi connectivity index (χ0n) is 17.6. The van der Waals surface area contributed by atoms with Crippen LogP contribution in [0, 0.1) is 0 Å². The molecule has 154 valence electrons. The van der Waals surface area contributed by atoms with Crippen LogP contribution in [0.2, 0.25) is 0 Å². The third kappa shape index (κ3) is 6.20. The van der Waals surface area contributed by atoms with Crippen molar-refractivity contribution in [1.29, 1.82) is 0 Å². The fourth-order valence-corrected chi connectivity index (χ4v) is 3.32. The minimum absolute atomic E-state index is 0.644. The molecule has 0 aliphatic carbocycles. The van der Waals surface area contributed by atoms with Gasteiger partial charge in [0.1, 0.15) is 5.75 Å². The lowest BCUT2D eigenvalue weighted by Crippen LogP contribution is -2.06. The Balaban J connectivity index is 1.58. The van der Waals surface area contributed by atoms with Gasteiger partial charge in [-0.2, -0.15) is 0 Å². The van der Waals surface area contributed by atoms with Gasteiger partial charge < -0.3 is 9.84 Å². The Hall–Kier alpha value is -3.10. The molecule has 1 N–H and O–H groups in total. The second-order valence-corrected chi connectivity index (χ2v) is 7.37. The molecule has 0 amide bonds. The molecule has 0 bridgehead atoms. The summed E-state index contributed by atoms with van der Waals surface area (Å²) in [5, 5.41) is 10.4. The van der Waals surface area contributed by atoms with Crippen molar-refractivity contribution in [1.82, 2.24) is 0 Å². The van der Waals surface area contributed by atoms with Crippen molar-refractivity contribution in [2.75, 3.05) is 0 Å². The van der Waals surface area contributed by atoms with Crippen molar-refractivity contribution >= 4 is 0 Å². The van der Waals surface area contributed by atoms with E-state index in [9.17, 15) is 5.11 Å². The lowest BCUT2D eigenvalue weighted by molar-refractivity contribution is -0.0194. The van der Waals surface area contributed by atoms with E-state index in [0.717, 1.165) is 42.4 Å². The molecule has 0 aromatic heterocycles. The van der Waals surface area contributed by atoms with E-state index >= 15 is 0 Å². The van der Waals surface area contributed by atoms with Gasteiger partial charge in [0.2, 0.25) is 6.29 Å². The van der Waals surface area contributed by atoms with Crippen molar-refractivity contribution < 1.29 is 9.84 Å². The van der Waals surface area contributed by atoms with Gasteiger partial charge in [-0.05, 0) is 67.0 Å². The number of aliphatic hydroxyl groups excluding tert-OH is 1. The summed E-state index contributed by atoms with van der Waals surface area (Å²) in [5.41, 5.74) is 5.61. The monoisotopic (exact) mass is 398 g/mol. The second-order valence-electron chi connectivity index (χ2n) is 7.37. The van der Waals surface area contributed by atoms with Crippen LogP contribution in [0.3, 0.4) is 0 Å². The summed E-state index contributed by atoms with van der Waals surface area (Å²) in [4.78, 5) is 0. The van der Waals surface area contributed by atoms with Gasteiger partial charge in [0.15, 0.2) is 0 Å². The second kappa shape index (κ2) is 11.2. The van der Waals surface area contributed by atoms with Gasteiger partial charge in [-0.3, -0.25) is 0 Å². The molecule has 0 radical (unpaired) electrons. The molecule has 3 rings (SSSR count). The number of aliphatic hydroxyl groups is 1. The molecule has 0 saturated heterocycles. The lowest BCUT2D eigenvalue weighted by Gasteiger charge is -2.15. The quantitative estimate of drug-likeness (QED) is 0.293. The van der Waals surface area contributed by atoms with Gasteiger partial charge in [0.05, 0.1) is 0 Å². The number of rotatable bonds is 10. The number of aryl methyl sites for hydroxylation is 2. The standard InChI is InChI=1S/C28H30O2/c1-3-5-7-9-23-12-16-26(17-13-23)28(29)30-27-20-18-25(19-21-27)24-14-10-22(11-15-24)8-6-4-2/h3-5,10-21,28-29H,2,6-9H2,1H3/b5-3+. The van der Waals surface area contributed by atoms with Crippen LogP contribution in [-0.2, 0) is 12.8 Å². The number of ether oxygens (including phenoxy) is 1. The van der Waals surface area contributed by atoms with Gasteiger partial charge in [0.25, 0.3) is 0 Å². The van der Waals surface area contributed by atoms with Gasteiger partial charge in [-0.1, -0.05) is 78.9 Å². The van der Waals surface area contributed by atoms with E-state index in [4.69, 9.17) is 4.74 Å². The van der Waals surface area contributed by atoms with E-state index in [1.807, 2.05) is 61.5 Å². The molecule has 0 aliphatic rings. The van der Waals surface area contributed by atoms with E-state index < -0.39 is 6.29 Å². The van der Waals surface area contributed by atoms with E-state index in [-0.39, 0.29) is 0 Å². The van der Waals surface area contributed by atoms with Gasteiger partial charge in [0, 0.05) is 5.56 Å². The van der Waals surface area contributed by atoms with Crippen LogP contribution in [-0.4, -0.2) is 5.11 Å². The van der Waals surface area contributed by atoms with Crippen molar-refractivity contribution in [3.63, 3.8) is 0 Å². The number of benzene rings is 3. The third-order valence-corrected chi connectivity index (χ3v) is 5.13. The van der Waals surface area contributed by atoms with Crippen LogP contribution in [0.25, 0.3) is 11.1 Å². The average molecular weight is 399 g/mol. The van der Waals surface area contributed by atoms with Crippen LogP contribution in [0.5, 0.6) is 5.75 Å². The van der Waals surface area contributed by atoms with Crippen LogP contribution in [0.1, 0.15) is 42.7 Å². The summed E-state index contributed by atoms with van der Waals surface area (Å²) in [5.74, 6) is 0.644. The van der Waals surface area contributed by atoms with Crippen LogP contribution in [0.4, 0.5) is 0 Å². The molecule has 1 unspecified atom stereocenters. The Kier molecular flexibility index (Phi) is 8.05. The van der Waals surface area contributed by atoms with Crippen molar-refractivity contribution in [3.05, 3.63) is 114 Å². The molecule has 0 saturated carbocycles. The summed E-state index contributed by atoms with van der Waals surface area (Å²) in [6, 6.07) is 24.4. The Morgan fingerprint density at radius 1 is 0.800 bits per heavy atom. The molecule has 2 heteroatoms. The molecule has 0 heterocycles. The first-order chi connectivity index (χ1) is 14.7. The molecule has 3 aromatic carbocycles. The molecule has 3 aromatic rings. The average Bonchev–Trinajstić information content (AvgIpc) is 2.79. The van der Waals surface area contributed by atoms with Gasteiger partial charge >= 0.3 is 0 Å². The summed E-state index contributed by atoms with van der Waals surface area (Å²) in [6.45, 7) is 5.81. The van der Waals surface area contributed by atoms with Crippen molar-refractivity contribution in [2.24, 2.45) is 0 Å². The Morgan fingerprint density at radius 2 is 1.33 bits per heavy atom. The first-order valence-corrected chi connectivity index (χ1v) is 10.5.